The highest BCUT2D eigenvalue weighted by molar-refractivity contribution is 7.11. The van der Waals surface area contributed by atoms with Crippen molar-refractivity contribution in [2.45, 2.75) is 13.3 Å². The van der Waals surface area contributed by atoms with E-state index in [1.54, 1.807) is 0 Å². The predicted octanol–water partition coefficient (Wildman–Crippen LogP) is 1.35. The Labute approximate surface area is 104 Å². The molecule has 6 nitrogen and oxygen atoms in total. The fourth-order valence-corrected chi connectivity index (χ4v) is 1.97. The van der Waals surface area contributed by atoms with Crippen LogP contribution in [0.25, 0.3) is 0 Å². The van der Waals surface area contributed by atoms with Gasteiger partial charge in [0.1, 0.15) is 10.6 Å². The number of rotatable bonds is 7. The highest BCUT2D eigenvalue weighted by Crippen LogP contribution is 2.27. The number of aromatic nitrogens is 1. The second-order valence-corrected chi connectivity index (χ2v) is 4.01. The van der Waals surface area contributed by atoms with Gasteiger partial charge in [-0.25, -0.2) is 4.79 Å². The van der Waals surface area contributed by atoms with E-state index in [2.05, 4.69) is 14.4 Å². The number of carbonyl (C=O) groups is 1. The van der Waals surface area contributed by atoms with Gasteiger partial charge < -0.3 is 20.5 Å². The number of esters is 1. The van der Waals surface area contributed by atoms with E-state index in [9.17, 15) is 4.79 Å². The molecule has 7 heteroatoms. The summed E-state index contributed by atoms with van der Waals surface area (Å²) in [4.78, 5) is 11.5. The summed E-state index contributed by atoms with van der Waals surface area (Å²) in [6.45, 7) is 4.05. The summed E-state index contributed by atoms with van der Waals surface area (Å²) < 4.78 is 13.8. The van der Waals surface area contributed by atoms with Crippen molar-refractivity contribution in [2.75, 3.05) is 37.9 Å². The first-order valence-electron chi connectivity index (χ1n) is 5.35. The SMILES string of the molecule is CCOCCCNc1snc(N)c1C(=O)OC. The third-order valence-electron chi connectivity index (χ3n) is 2.06. The lowest BCUT2D eigenvalue weighted by molar-refractivity contribution is 0.0603. The molecule has 1 rings (SSSR count). The zero-order chi connectivity index (χ0) is 12.7. The number of nitrogen functional groups attached to an aromatic ring is 1. The quantitative estimate of drug-likeness (QED) is 0.568. The van der Waals surface area contributed by atoms with Crippen molar-refractivity contribution in [1.82, 2.24) is 4.37 Å². The Kier molecular flexibility index (Phi) is 5.71. The molecule has 1 aromatic rings. The van der Waals surface area contributed by atoms with Crippen LogP contribution < -0.4 is 11.1 Å². The molecule has 0 bridgehead atoms. The average Bonchev–Trinajstić information content (AvgIpc) is 2.69. The second-order valence-electron chi connectivity index (χ2n) is 3.24. The van der Waals surface area contributed by atoms with Crippen LogP contribution in [0, 0.1) is 0 Å². The Morgan fingerprint density at radius 2 is 2.35 bits per heavy atom. The standard InChI is InChI=1S/C10H17N3O3S/c1-3-16-6-4-5-12-9-7(10(14)15-2)8(11)13-17-9/h12H,3-6H2,1-2H3,(H2,11,13). The van der Waals surface area contributed by atoms with Gasteiger partial charge in [0.05, 0.1) is 7.11 Å². The van der Waals surface area contributed by atoms with Crippen molar-refractivity contribution in [2.24, 2.45) is 0 Å². The molecule has 0 aliphatic rings. The van der Waals surface area contributed by atoms with E-state index in [4.69, 9.17) is 10.5 Å². The lowest BCUT2D eigenvalue weighted by Gasteiger charge is -2.05. The molecule has 0 saturated carbocycles. The Hall–Kier alpha value is -1.34. The van der Waals surface area contributed by atoms with Crippen molar-refractivity contribution in [3.8, 4) is 0 Å². The molecule has 0 saturated heterocycles. The summed E-state index contributed by atoms with van der Waals surface area (Å²) in [7, 11) is 1.32. The number of nitrogens with one attached hydrogen (secondary N) is 1. The van der Waals surface area contributed by atoms with Crippen LogP contribution in [-0.2, 0) is 9.47 Å². The van der Waals surface area contributed by atoms with Crippen LogP contribution in [0.1, 0.15) is 23.7 Å². The van der Waals surface area contributed by atoms with E-state index in [0.717, 1.165) is 18.0 Å². The number of ether oxygens (including phenoxy) is 2. The zero-order valence-electron chi connectivity index (χ0n) is 9.99. The van der Waals surface area contributed by atoms with Gasteiger partial charge in [0, 0.05) is 19.8 Å². The van der Waals surface area contributed by atoms with Crippen LogP contribution in [0.2, 0.25) is 0 Å². The summed E-state index contributed by atoms with van der Waals surface area (Å²) in [6.07, 6.45) is 0.853. The summed E-state index contributed by atoms with van der Waals surface area (Å²) in [5, 5.41) is 3.75. The van der Waals surface area contributed by atoms with E-state index < -0.39 is 5.97 Å². The van der Waals surface area contributed by atoms with Gasteiger partial charge in [-0.3, -0.25) is 0 Å². The first-order valence-corrected chi connectivity index (χ1v) is 6.13. The maximum absolute atomic E-state index is 11.5. The molecule has 1 aromatic heterocycles. The van der Waals surface area contributed by atoms with Crippen LogP contribution in [0.3, 0.4) is 0 Å². The molecule has 0 atom stereocenters. The number of methoxy groups -OCH3 is 1. The van der Waals surface area contributed by atoms with E-state index in [1.807, 2.05) is 6.92 Å². The molecule has 0 aliphatic carbocycles. The third kappa shape index (κ3) is 3.86. The number of anilines is 2. The molecule has 17 heavy (non-hydrogen) atoms. The maximum atomic E-state index is 11.5. The van der Waals surface area contributed by atoms with Crippen LogP contribution in [0.4, 0.5) is 10.8 Å². The van der Waals surface area contributed by atoms with E-state index in [0.29, 0.717) is 30.3 Å². The first kappa shape index (κ1) is 13.7. The molecule has 0 amide bonds. The molecule has 3 N–H and O–H groups in total. The highest BCUT2D eigenvalue weighted by Gasteiger charge is 2.19. The minimum absolute atomic E-state index is 0.203. The van der Waals surface area contributed by atoms with Crippen LogP contribution in [0.15, 0.2) is 0 Å². The van der Waals surface area contributed by atoms with E-state index >= 15 is 0 Å². The molecule has 96 valence electrons. The average molecular weight is 259 g/mol. The molecule has 0 aliphatic heterocycles. The zero-order valence-corrected chi connectivity index (χ0v) is 10.8. The largest absolute Gasteiger partial charge is 0.465 e. The number of carbonyl (C=O) groups excluding carboxylic acids is 1. The molecular weight excluding hydrogens is 242 g/mol. The summed E-state index contributed by atoms with van der Waals surface area (Å²) in [5.41, 5.74) is 5.92. The smallest absolute Gasteiger partial charge is 0.344 e. The number of nitrogens with two attached hydrogens (primary N) is 1. The fourth-order valence-electron chi connectivity index (χ4n) is 1.24. The summed E-state index contributed by atoms with van der Waals surface area (Å²) in [5.74, 6) is -0.266. The number of hydrogen-bond acceptors (Lipinski definition) is 7. The van der Waals surface area contributed by atoms with E-state index in [-0.39, 0.29) is 5.82 Å². The van der Waals surface area contributed by atoms with Gasteiger partial charge in [-0.1, -0.05) is 0 Å². The molecule has 0 unspecified atom stereocenters. The normalized spacial score (nSPS) is 10.2. The Balaban J connectivity index is 2.50. The first-order chi connectivity index (χ1) is 8.20. The molecule has 0 radical (unpaired) electrons. The van der Waals surface area contributed by atoms with Crippen molar-refractivity contribution in [3.05, 3.63) is 5.56 Å². The Morgan fingerprint density at radius 1 is 1.59 bits per heavy atom. The number of nitrogens with zero attached hydrogens (tertiary/aromatic N) is 1. The topological polar surface area (TPSA) is 86.5 Å². The minimum atomic E-state index is -0.469. The lowest BCUT2D eigenvalue weighted by Crippen LogP contribution is -2.10. The van der Waals surface area contributed by atoms with Gasteiger partial charge >= 0.3 is 5.97 Å². The molecule has 0 fully saturated rings. The van der Waals surface area contributed by atoms with Gasteiger partial charge in [-0.2, -0.15) is 4.37 Å². The Morgan fingerprint density at radius 3 is 3.00 bits per heavy atom. The monoisotopic (exact) mass is 259 g/mol. The highest BCUT2D eigenvalue weighted by atomic mass is 32.1. The Bertz CT molecular complexity index is 368. The molecule has 0 aromatic carbocycles. The van der Waals surface area contributed by atoms with Gasteiger partial charge in [0.15, 0.2) is 5.82 Å². The molecular formula is C10H17N3O3S. The van der Waals surface area contributed by atoms with Crippen molar-refractivity contribution in [1.29, 1.82) is 0 Å². The van der Waals surface area contributed by atoms with Crippen molar-refractivity contribution < 1.29 is 14.3 Å². The van der Waals surface area contributed by atoms with Crippen molar-refractivity contribution >= 4 is 28.3 Å². The minimum Gasteiger partial charge on any atom is -0.465 e. The number of hydrogen-bond donors (Lipinski definition) is 2. The van der Waals surface area contributed by atoms with Gasteiger partial charge in [0.2, 0.25) is 0 Å². The van der Waals surface area contributed by atoms with Crippen LogP contribution >= 0.6 is 11.5 Å². The van der Waals surface area contributed by atoms with Crippen molar-refractivity contribution in [3.63, 3.8) is 0 Å². The predicted molar refractivity (Wildman–Crippen MR) is 67.5 cm³/mol. The molecule has 1 heterocycles. The van der Waals surface area contributed by atoms with Gasteiger partial charge in [-0.15, -0.1) is 0 Å². The van der Waals surface area contributed by atoms with E-state index in [1.165, 1.54) is 7.11 Å². The van der Waals surface area contributed by atoms with Gasteiger partial charge in [-0.05, 0) is 24.9 Å². The second kappa shape index (κ2) is 7.08. The summed E-state index contributed by atoms with van der Waals surface area (Å²) >= 11 is 1.16. The maximum Gasteiger partial charge on any atom is 0.344 e. The fraction of sp³-hybridized carbons (Fsp3) is 0.600. The van der Waals surface area contributed by atoms with Crippen LogP contribution in [-0.4, -0.2) is 37.2 Å². The van der Waals surface area contributed by atoms with Gasteiger partial charge in [0.25, 0.3) is 0 Å². The molecule has 0 spiro atoms. The lowest BCUT2D eigenvalue weighted by atomic mass is 10.3. The third-order valence-corrected chi connectivity index (χ3v) is 2.88. The van der Waals surface area contributed by atoms with Crippen LogP contribution in [0.5, 0.6) is 0 Å². The summed E-state index contributed by atoms with van der Waals surface area (Å²) in [6, 6.07) is 0.